The van der Waals surface area contributed by atoms with Crippen molar-refractivity contribution in [3.05, 3.63) is 47.4 Å². The van der Waals surface area contributed by atoms with E-state index in [4.69, 9.17) is 0 Å². The Hall–Kier alpha value is -2.10. The second-order valence-corrected chi connectivity index (χ2v) is 4.59. The summed E-state index contributed by atoms with van der Waals surface area (Å²) >= 11 is 0. The van der Waals surface area contributed by atoms with Crippen molar-refractivity contribution in [3.8, 4) is 0 Å². The number of aromatic nitrogens is 2. The van der Waals surface area contributed by atoms with Crippen LogP contribution in [0.5, 0.6) is 0 Å². The van der Waals surface area contributed by atoms with Gasteiger partial charge in [-0.3, -0.25) is 4.79 Å². The Balaban J connectivity index is 2.11. The molecule has 4 heteroatoms. The Labute approximate surface area is 106 Å². The van der Waals surface area contributed by atoms with Crippen LogP contribution in [0.25, 0.3) is 5.65 Å². The molecule has 1 amide bonds. The molecule has 2 heterocycles. The summed E-state index contributed by atoms with van der Waals surface area (Å²) in [4.78, 5) is 16.0. The summed E-state index contributed by atoms with van der Waals surface area (Å²) in [5, 5.41) is 2.82. The fourth-order valence-corrected chi connectivity index (χ4v) is 1.78. The number of pyridine rings is 1. The van der Waals surface area contributed by atoms with Crippen molar-refractivity contribution in [2.75, 3.05) is 0 Å². The first kappa shape index (κ1) is 12.4. The summed E-state index contributed by atoms with van der Waals surface area (Å²) in [6.07, 6.45) is 5.48. The number of carbonyl (C=O) groups excluding carboxylic acids is 1. The standard InChI is InChI=1S/C14H17N3O/c1-10(2)7-13(18)15-8-12-9-17-6-4-5-11(3)14(17)16-12/h4-7,9H,8H2,1-3H3,(H,15,18). The Bertz CT molecular complexity index is 607. The van der Waals surface area contributed by atoms with Crippen LogP contribution in [-0.2, 0) is 11.3 Å². The summed E-state index contributed by atoms with van der Waals surface area (Å²) in [7, 11) is 0. The van der Waals surface area contributed by atoms with Crippen molar-refractivity contribution in [1.29, 1.82) is 0 Å². The van der Waals surface area contributed by atoms with Gasteiger partial charge in [-0.1, -0.05) is 11.6 Å². The highest BCUT2D eigenvalue weighted by atomic mass is 16.1. The van der Waals surface area contributed by atoms with Crippen LogP contribution in [-0.4, -0.2) is 15.3 Å². The van der Waals surface area contributed by atoms with Crippen LogP contribution in [0.15, 0.2) is 36.2 Å². The fourth-order valence-electron chi connectivity index (χ4n) is 1.78. The average molecular weight is 243 g/mol. The van der Waals surface area contributed by atoms with E-state index in [1.165, 1.54) is 0 Å². The number of hydrogen-bond acceptors (Lipinski definition) is 2. The lowest BCUT2D eigenvalue weighted by Crippen LogP contribution is -2.20. The van der Waals surface area contributed by atoms with Gasteiger partial charge in [-0.25, -0.2) is 4.98 Å². The van der Waals surface area contributed by atoms with Gasteiger partial charge < -0.3 is 9.72 Å². The maximum Gasteiger partial charge on any atom is 0.244 e. The molecule has 0 unspecified atom stereocenters. The van der Waals surface area contributed by atoms with Crippen molar-refractivity contribution >= 4 is 11.6 Å². The van der Waals surface area contributed by atoms with Crippen LogP contribution in [0.2, 0.25) is 0 Å². The molecule has 0 spiro atoms. The maximum absolute atomic E-state index is 11.5. The number of rotatable bonds is 3. The molecule has 0 aliphatic rings. The normalized spacial score (nSPS) is 10.4. The number of amides is 1. The van der Waals surface area contributed by atoms with E-state index in [1.807, 2.05) is 49.7 Å². The Kier molecular flexibility index (Phi) is 3.46. The zero-order chi connectivity index (χ0) is 13.1. The molecule has 2 rings (SSSR count). The molecule has 0 aliphatic heterocycles. The topological polar surface area (TPSA) is 46.4 Å². The van der Waals surface area contributed by atoms with Crippen LogP contribution in [0.1, 0.15) is 25.1 Å². The summed E-state index contributed by atoms with van der Waals surface area (Å²) in [5.41, 5.74) is 3.90. The number of carbonyl (C=O) groups is 1. The molecule has 4 nitrogen and oxygen atoms in total. The van der Waals surface area contributed by atoms with E-state index in [1.54, 1.807) is 6.08 Å². The largest absolute Gasteiger partial charge is 0.347 e. The Morgan fingerprint density at radius 2 is 2.28 bits per heavy atom. The smallest absolute Gasteiger partial charge is 0.244 e. The number of hydrogen-bond donors (Lipinski definition) is 1. The lowest BCUT2D eigenvalue weighted by Gasteiger charge is -1.98. The van der Waals surface area contributed by atoms with Crippen LogP contribution in [0, 0.1) is 6.92 Å². The van der Waals surface area contributed by atoms with Gasteiger partial charge in [0.15, 0.2) is 0 Å². The summed E-state index contributed by atoms with van der Waals surface area (Å²) < 4.78 is 1.97. The van der Waals surface area contributed by atoms with E-state index in [-0.39, 0.29) is 5.91 Å². The zero-order valence-electron chi connectivity index (χ0n) is 10.9. The van der Waals surface area contributed by atoms with Crippen molar-refractivity contribution in [1.82, 2.24) is 14.7 Å². The summed E-state index contributed by atoms with van der Waals surface area (Å²) in [6.45, 7) is 6.26. The molecule has 0 aromatic carbocycles. The third-order valence-corrected chi connectivity index (χ3v) is 2.59. The third kappa shape index (κ3) is 2.77. The van der Waals surface area contributed by atoms with E-state index < -0.39 is 0 Å². The first-order valence-electron chi connectivity index (χ1n) is 5.92. The van der Waals surface area contributed by atoms with Crippen molar-refractivity contribution in [2.24, 2.45) is 0 Å². The number of imidazole rings is 1. The van der Waals surface area contributed by atoms with Crippen molar-refractivity contribution < 1.29 is 4.79 Å². The predicted molar refractivity (Wildman–Crippen MR) is 71.2 cm³/mol. The van der Waals surface area contributed by atoms with Crippen LogP contribution >= 0.6 is 0 Å². The molecule has 0 bridgehead atoms. The van der Waals surface area contributed by atoms with E-state index in [0.29, 0.717) is 6.54 Å². The lowest BCUT2D eigenvalue weighted by molar-refractivity contribution is -0.116. The minimum atomic E-state index is -0.0798. The van der Waals surface area contributed by atoms with Gasteiger partial charge in [0.05, 0.1) is 12.2 Å². The fraction of sp³-hybridized carbons (Fsp3) is 0.286. The molecule has 0 radical (unpaired) electrons. The first-order valence-corrected chi connectivity index (χ1v) is 5.92. The number of allylic oxidation sites excluding steroid dienone is 1. The number of aryl methyl sites for hydroxylation is 1. The van der Waals surface area contributed by atoms with Crippen LogP contribution < -0.4 is 5.32 Å². The van der Waals surface area contributed by atoms with Gasteiger partial charge in [0, 0.05) is 18.5 Å². The molecule has 0 saturated heterocycles. The van der Waals surface area contributed by atoms with Crippen molar-refractivity contribution in [3.63, 3.8) is 0 Å². The quantitative estimate of drug-likeness (QED) is 0.840. The first-order chi connectivity index (χ1) is 8.56. The second kappa shape index (κ2) is 5.04. The number of nitrogens with zero attached hydrogens (tertiary/aromatic N) is 2. The van der Waals surface area contributed by atoms with Gasteiger partial charge in [-0.05, 0) is 32.4 Å². The molecule has 2 aromatic heterocycles. The second-order valence-electron chi connectivity index (χ2n) is 4.59. The van der Waals surface area contributed by atoms with Crippen LogP contribution in [0.3, 0.4) is 0 Å². The zero-order valence-corrected chi connectivity index (χ0v) is 10.9. The highest BCUT2D eigenvalue weighted by molar-refractivity contribution is 5.87. The molecule has 1 N–H and O–H groups in total. The average Bonchev–Trinajstić information content (AvgIpc) is 2.70. The van der Waals surface area contributed by atoms with Gasteiger partial charge in [-0.2, -0.15) is 0 Å². The lowest BCUT2D eigenvalue weighted by atomic mass is 10.3. The molecule has 0 fully saturated rings. The summed E-state index contributed by atoms with van der Waals surface area (Å²) in [6, 6.07) is 4.00. The highest BCUT2D eigenvalue weighted by Crippen LogP contribution is 2.09. The minimum absolute atomic E-state index is 0.0798. The van der Waals surface area contributed by atoms with Crippen molar-refractivity contribution in [2.45, 2.75) is 27.3 Å². The Morgan fingerprint density at radius 3 is 2.94 bits per heavy atom. The molecule has 18 heavy (non-hydrogen) atoms. The molecule has 94 valence electrons. The molecular weight excluding hydrogens is 226 g/mol. The maximum atomic E-state index is 11.5. The van der Waals surface area contributed by atoms with Crippen LogP contribution in [0.4, 0.5) is 0 Å². The molecule has 0 atom stereocenters. The monoisotopic (exact) mass is 243 g/mol. The third-order valence-electron chi connectivity index (χ3n) is 2.59. The number of fused-ring (bicyclic) bond motifs is 1. The molecule has 0 saturated carbocycles. The van der Waals surface area contributed by atoms with E-state index in [2.05, 4.69) is 10.3 Å². The highest BCUT2D eigenvalue weighted by Gasteiger charge is 2.04. The SMILES string of the molecule is CC(C)=CC(=O)NCc1cn2cccc(C)c2n1. The van der Waals surface area contributed by atoms with E-state index in [9.17, 15) is 4.79 Å². The molecule has 2 aromatic rings. The van der Waals surface area contributed by atoms with E-state index in [0.717, 1.165) is 22.5 Å². The van der Waals surface area contributed by atoms with Gasteiger partial charge in [0.25, 0.3) is 0 Å². The summed E-state index contributed by atoms with van der Waals surface area (Å²) in [5.74, 6) is -0.0798. The van der Waals surface area contributed by atoms with Gasteiger partial charge in [0.2, 0.25) is 5.91 Å². The number of nitrogens with one attached hydrogen (secondary N) is 1. The van der Waals surface area contributed by atoms with Gasteiger partial charge in [0.1, 0.15) is 5.65 Å². The van der Waals surface area contributed by atoms with E-state index >= 15 is 0 Å². The molecular formula is C14H17N3O. The predicted octanol–water partition coefficient (Wildman–Crippen LogP) is 2.23. The molecule has 0 aliphatic carbocycles. The Morgan fingerprint density at radius 1 is 1.50 bits per heavy atom. The van der Waals surface area contributed by atoms with Gasteiger partial charge >= 0.3 is 0 Å². The van der Waals surface area contributed by atoms with Gasteiger partial charge in [-0.15, -0.1) is 0 Å². The minimum Gasteiger partial charge on any atom is -0.347 e.